The zero-order valence-corrected chi connectivity index (χ0v) is 8.96. The molecule has 5 heteroatoms. The number of aliphatic carboxylic acids is 1. The molecule has 78 valence electrons. The summed E-state index contributed by atoms with van der Waals surface area (Å²) in [6.45, 7) is 0. The lowest BCUT2D eigenvalue weighted by Crippen LogP contribution is -1.94. The highest BCUT2D eigenvalue weighted by molar-refractivity contribution is 7.99. The Hall–Kier alpha value is -0.970. The zero-order chi connectivity index (χ0) is 10.4. The van der Waals surface area contributed by atoms with Crippen LogP contribution in [-0.4, -0.2) is 26.6 Å². The summed E-state index contributed by atoms with van der Waals surface area (Å²) in [4.78, 5) is 11.4. The number of unbranched alkanes of at least 4 members (excludes halogenated alkanes) is 1. The molecule has 1 heterocycles. The topological polar surface area (TPSA) is 55.1 Å². The van der Waals surface area contributed by atoms with Gasteiger partial charge in [0.1, 0.15) is 0 Å². The van der Waals surface area contributed by atoms with Crippen LogP contribution in [0.4, 0.5) is 0 Å². The number of thioether (sulfide) groups is 1. The lowest BCUT2D eigenvalue weighted by atomic mass is 10.3. The van der Waals surface area contributed by atoms with Crippen molar-refractivity contribution in [2.45, 2.75) is 24.2 Å². The van der Waals surface area contributed by atoms with Crippen LogP contribution in [0.15, 0.2) is 17.3 Å². The molecule has 14 heavy (non-hydrogen) atoms. The number of carboxylic acid groups (broad SMARTS) is 1. The largest absolute Gasteiger partial charge is 0.481 e. The van der Waals surface area contributed by atoms with Crippen molar-refractivity contribution in [2.24, 2.45) is 7.05 Å². The van der Waals surface area contributed by atoms with E-state index in [2.05, 4.69) is 5.10 Å². The minimum absolute atomic E-state index is 0.271. The summed E-state index contributed by atoms with van der Waals surface area (Å²) in [5.74, 6) is 0.246. The van der Waals surface area contributed by atoms with E-state index < -0.39 is 5.97 Å². The summed E-state index contributed by atoms with van der Waals surface area (Å²) in [5, 5.41) is 12.5. The highest BCUT2D eigenvalue weighted by atomic mass is 32.2. The lowest BCUT2D eigenvalue weighted by Gasteiger charge is -1.96. The molecule has 0 radical (unpaired) electrons. The number of aromatic nitrogens is 2. The van der Waals surface area contributed by atoms with Crippen LogP contribution in [0.5, 0.6) is 0 Å². The van der Waals surface area contributed by atoms with Gasteiger partial charge in [-0.2, -0.15) is 5.10 Å². The Bertz CT molecular complexity index is 299. The van der Waals surface area contributed by atoms with Gasteiger partial charge in [-0.25, -0.2) is 0 Å². The molecular formula is C9H14N2O2S. The van der Waals surface area contributed by atoms with Gasteiger partial charge in [-0.05, 0) is 18.6 Å². The molecule has 0 saturated heterocycles. The minimum Gasteiger partial charge on any atom is -0.481 e. The number of hydrogen-bond acceptors (Lipinski definition) is 3. The van der Waals surface area contributed by atoms with E-state index in [1.54, 1.807) is 16.4 Å². The second-order valence-corrected chi connectivity index (χ2v) is 4.22. The van der Waals surface area contributed by atoms with Gasteiger partial charge in [-0.3, -0.25) is 9.48 Å². The molecule has 0 saturated carbocycles. The quantitative estimate of drug-likeness (QED) is 0.579. The van der Waals surface area contributed by atoms with Gasteiger partial charge >= 0.3 is 5.97 Å². The predicted octanol–water partition coefficient (Wildman–Crippen LogP) is 1.77. The molecule has 0 aromatic carbocycles. The fourth-order valence-electron chi connectivity index (χ4n) is 1.04. The first-order valence-corrected chi connectivity index (χ1v) is 5.50. The minimum atomic E-state index is -0.712. The van der Waals surface area contributed by atoms with Gasteiger partial charge in [0.15, 0.2) is 0 Å². The van der Waals surface area contributed by atoms with Crippen molar-refractivity contribution < 1.29 is 9.90 Å². The van der Waals surface area contributed by atoms with Crippen LogP contribution in [0.3, 0.4) is 0 Å². The second kappa shape index (κ2) is 5.70. The van der Waals surface area contributed by atoms with Crippen molar-refractivity contribution in [1.29, 1.82) is 0 Å². The SMILES string of the molecule is Cn1cc(SCCCCC(=O)O)cn1. The highest BCUT2D eigenvalue weighted by Gasteiger charge is 1.98. The van der Waals surface area contributed by atoms with Gasteiger partial charge in [0, 0.05) is 24.6 Å². The van der Waals surface area contributed by atoms with Gasteiger partial charge < -0.3 is 5.11 Å². The molecule has 0 spiro atoms. The van der Waals surface area contributed by atoms with Crippen LogP contribution in [0.1, 0.15) is 19.3 Å². The molecule has 0 bridgehead atoms. The van der Waals surface area contributed by atoms with Crippen LogP contribution < -0.4 is 0 Å². The molecule has 0 aliphatic heterocycles. The summed E-state index contributed by atoms with van der Waals surface area (Å²) >= 11 is 1.72. The summed E-state index contributed by atoms with van der Waals surface area (Å²) in [7, 11) is 1.88. The molecule has 0 atom stereocenters. The maximum atomic E-state index is 10.2. The number of rotatable bonds is 6. The summed E-state index contributed by atoms with van der Waals surface area (Å²) in [6, 6.07) is 0. The zero-order valence-electron chi connectivity index (χ0n) is 8.14. The van der Waals surface area contributed by atoms with Crippen molar-refractivity contribution in [1.82, 2.24) is 9.78 Å². The van der Waals surface area contributed by atoms with Gasteiger partial charge in [-0.15, -0.1) is 11.8 Å². The summed E-state index contributed by atoms with van der Waals surface area (Å²) < 4.78 is 1.76. The predicted molar refractivity (Wildman–Crippen MR) is 55.4 cm³/mol. The van der Waals surface area contributed by atoms with Crippen LogP contribution in [0.25, 0.3) is 0 Å². The van der Waals surface area contributed by atoms with Crippen molar-refractivity contribution in [3.63, 3.8) is 0 Å². The van der Waals surface area contributed by atoms with E-state index in [1.807, 2.05) is 19.4 Å². The fraction of sp³-hybridized carbons (Fsp3) is 0.556. The number of carboxylic acids is 1. The van der Waals surface area contributed by atoms with E-state index >= 15 is 0 Å². The van der Waals surface area contributed by atoms with E-state index in [9.17, 15) is 4.79 Å². The Morgan fingerprint density at radius 2 is 2.43 bits per heavy atom. The fourth-order valence-corrected chi connectivity index (χ4v) is 1.97. The molecule has 0 unspecified atom stereocenters. The average molecular weight is 214 g/mol. The Morgan fingerprint density at radius 3 is 3.00 bits per heavy atom. The van der Waals surface area contributed by atoms with E-state index in [0.29, 0.717) is 0 Å². The Labute approximate surface area is 87.3 Å². The first-order chi connectivity index (χ1) is 6.68. The van der Waals surface area contributed by atoms with Crippen molar-refractivity contribution in [2.75, 3.05) is 5.75 Å². The maximum Gasteiger partial charge on any atom is 0.303 e. The van der Waals surface area contributed by atoms with E-state index in [1.165, 1.54) is 0 Å². The van der Waals surface area contributed by atoms with Crippen LogP contribution in [0.2, 0.25) is 0 Å². The molecule has 1 rings (SSSR count). The number of hydrogen-bond donors (Lipinski definition) is 1. The number of aryl methyl sites for hydroxylation is 1. The van der Waals surface area contributed by atoms with Gasteiger partial charge in [0.25, 0.3) is 0 Å². The molecule has 1 aromatic heterocycles. The van der Waals surface area contributed by atoms with E-state index in [0.717, 1.165) is 23.5 Å². The normalized spacial score (nSPS) is 10.4. The Kier molecular flexibility index (Phi) is 4.52. The molecule has 0 aliphatic rings. The smallest absolute Gasteiger partial charge is 0.303 e. The molecule has 4 nitrogen and oxygen atoms in total. The van der Waals surface area contributed by atoms with Crippen molar-refractivity contribution in [3.05, 3.63) is 12.4 Å². The third-order valence-electron chi connectivity index (χ3n) is 1.73. The average Bonchev–Trinajstić information content (AvgIpc) is 2.50. The lowest BCUT2D eigenvalue weighted by molar-refractivity contribution is -0.137. The van der Waals surface area contributed by atoms with Crippen molar-refractivity contribution in [3.8, 4) is 0 Å². The molecule has 0 aliphatic carbocycles. The monoisotopic (exact) mass is 214 g/mol. The highest BCUT2D eigenvalue weighted by Crippen LogP contribution is 2.18. The first kappa shape index (κ1) is 11.1. The Morgan fingerprint density at radius 1 is 1.64 bits per heavy atom. The molecule has 1 aromatic rings. The third-order valence-corrected chi connectivity index (χ3v) is 2.77. The first-order valence-electron chi connectivity index (χ1n) is 4.52. The summed E-state index contributed by atoms with van der Waals surface area (Å²) in [6.07, 6.45) is 5.74. The van der Waals surface area contributed by atoms with Crippen LogP contribution in [0, 0.1) is 0 Å². The molecular weight excluding hydrogens is 200 g/mol. The number of nitrogens with zero attached hydrogens (tertiary/aromatic N) is 2. The summed E-state index contributed by atoms with van der Waals surface area (Å²) in [5.41, 5.74) is 0. The van der Waals surface area contributed by atoms with E-state index in [-0.39, 0.29) is 6.42 Å². The van der Waals surface area contributed by atoms with Crippen molar-refractivity contribution >= 4 is 17.7 Å². The van der Waals surface area contributed by atoms with Gasteiger partial charge in [0.05, 0.1) is 6.20 Å². The standard InChI is InChI=1S/C9H14N2O2S/c1-11-7-8(6-10-11)14-5-3-2-4-9(12)13/h6-7H,2-5H2,1H3,(H,12,13). The molecule has 1 N–H and O–H groups in total. The van der Waals surface area contributed by atoms with Crippen LogP contribution in [-0.2, 0) is 11.8 Å². The Balaban J connectivity index is 2.07. The van der Waals surface area contributed by atoms with Crippen LogP contribution >= 0.6 is 11.8 Å². The number of carbonyl (C=O) groups is 1. The van der Waals surface area contributed by atoms with Gasteiger partial charge in [0.2, 0.25) is 0 Å². The third kappa shape index (κ3) is 4.32. The van der Waals surface area contributed by atoms with Gasteiger partial charge in [-0.1, -0.05) is 0 Å². The maximum absolute atomic E-state index is 10.2. The second-order valence-electron chi connectivity index (χ2n) is 3.05. The van der Waals surface area contributed by atoms with E-state index in [4.69, 9.17) is 5.11 Å². The molecule has 0 fully saturated rings. The molecule has 0 amide bonds.